The second kappa shape index (κ2) is 4.06. The van der Waals surface area contributed by atoms with Gasteiger partial charge in [-0.3, -0.25) is 0 Å². The highest BCUT2D eigenvalue weighted by Crippen LogP contribution is 2.36. The van der Waals surface area contributed by atoms with Crippen molar-refractivity contribution in [1.29, 1.82) is 0 Å². The van der Waals surface area contributed by atoms with Crippen LogP contribution in [-0.2, 0) is 17.6 Å². The van der Waals surface area contributed by atoms with Crippen LogP contribution < -0.4 is 4.90 Å². The fraction of sp³-hybridized carbons (Fsp3) is 0.500. The zero-order valence-corrected chi connectivity index (χ0v) is 10.2. The molecule has 17 heavy (non-hydrogen) atoms. The van der Waals surface area contributed by atoms with Crippen LogP contribution in [0.25, 0.3) is 0 Å². The van der Waals surface area contributed by atoms with E-state index in [1.807, 2.05) is 12.1 Å². The molecule has 1 aromatic carbocycles. The van der Waals surface area contributed by atoms with Gasteiger partial charge in [-0.25, -0.2) is 4.79 Å². The lowest BCUT2D eigenvalue weighted by atomic mass is 9.90. The van der Waals surface area contributed by atoms with Crippen molar-refractivity contribution < 1.29 is 9.53 Å². The normalized spacial score (nSPS) is 17.6. The maximum atomic E-state index is 11.6. The fourth-order valence-corrected chi connectivity index (χ4v) is 3.04. The van der Waals surface area contributed by atoms with Crippen LogP contribution >= 0.6 is 0 Å². The summed E-state index contributed by atoms with van der Waals surface area (Å²) in [5.41, 5.74) is 4.77. The van der Waals surface area contributed by atoms with Gasteiger partial charge in [-0.15, -0.1) is 0 Å². The number of hydrogen-bond acceptors (Lipinski definition) is 3. The maximum Gasteiger partial charge on any atom is 0.337 e. The maximum absolute atomic E-state index is 11.6. The largest absolute Gasteiger partial charge is 0.465 e. The lowest BCUT2D eigenvalue weighted by Crippen LogP contribution is -2.34. The van der Waals surface area contributed by atoms with Gasteiger partial charge >= 0.3 is 5.97 Å². The zero-order chi connectivity index (χ0) is 11.8. The number of carbonyl (C=O) groups is 1. The molecule has 1 aromatic rings. The van der Waals surface area contributed by atoms with Crippen molar-refractivity contribution in [2.45, 2.75) is 25.7 Å². The van der Waals surface area contributed by atoms with E-state index in [1.54, 1.807) is 0 Å². The first kappa shape index (κ1) is 10.6. The number of anilines is 1. The van der Waals surface area contributed by atoms with Crippen molar-refractivity contribution in [2.24, 2.45) is 0 Å². The molecule has 0 bridgehead atoms. The molecule has 2 aliphatic rings. The summed E-state index contributed by atoms with van der Waals surface area (Å²) in [7, 11) is 1.44. The van der Waals surface area contributed by atoms with Crippen molar-refractivity contribution >= 4 is 11.7 Å². The SMILES string of the molecule is COC(=O)c1cc2c3c(c1)CCCN3CCC2. The molecule has 0 unspecified atom stereocenters. The Hall–Kier alpha value is -1.51. The van der Waals surface area contributed by atoms with Gasteiger partial charge in [-0.05, 0) is 48.9 Å². The van der Waals surface area contributed by atoms with E-state index in [1.165, 1.54) is 36.8 Å². The van der Waals surface area contributed by atoms with Gasteiger partial charge < -0.3 is 9.64 Å². The Labute approximate surface area is 101 Å². The standard InChI is InChI=1S/C14H17NO2/c1-17-14(16)12-8-10-4-2-6-15-7-3-5-11(9-12)13(10)15/h8-9H,2-7H2,1H3. The molecule has 2 aliphatic heterocycles. The number of esters is 1. The van der Waals surface area contributed by atoms with Crippen LogP contribution in [0.4, 0.5) is 5.69 Å². The number of benzene rings is 1. The molecule has 0 fully saturated rings. The summed E-state index contributed by atoms with van der Waals surface area (Å²) >= 11 is 0. The lowest BCUT2D eigenvalue weighted by Gasteiger charge is -2.37. The van der Waals surface area contributed by atoms with E-state index < -0.39 is 0 Å². The Morgan fingerprint density at radius 3 is 2.29 bits per heavy atom. The minimum absolute atomic E-state index is 0.216. The fourth-order valence-electron chi connectivity index (χ4n) is 3.04. The average Bonchev–Trinajstić information content (AvgIpc) is 2.38. The van der Waals surface area contributed by atoms with Crippen LogP contribution in [0.15, 0.2) is 12.1 Å². The van der Waals surface area contributed by atoms with Crippen molar-refractivity contribution in [3.63, 3.8) is 0 Å². The molecule has 2 heterocycles. The summed E-state index contributed by atoms with van der Waals surface area (Å²) in [4.78, 5) is 14.1. The Bertz CT molecular complexity index is 436. The van der Waals surface area contributed by atoms with Crippen molar-refractivity contribution in [1.82, 2.24) is 0 Å². The first-order valence-electron chi connectivity index (χ1n) is 6.28. The Kier molecular flexibility index (Phi) is 2.54. The summed E-state index contributed by atoms with van der Waals surface area (Å²) in [5.74, 6) is -0.216. The Morgan fingerprint density at radius 2 is 1.76 bits per heavy atom. The van der Waals surface area contributed by atoms with E-state index in [4.69, 9.17) is 4.74 Å². The molecule has 0 amide bonds. The minimum Gasteiger partial charge on any atom is -0.465 e. The number of ether oxygens (including phenoxy) is 1. The predicted octanol–water partition coefficient (Wildman–Crippen LogP) is 2.17. The van der Waals surface area contributed by atoms with E-state index in [2.05, 4.69) is 4.90 Å². The summed E-state index contributed by atoms with van der Waals surface area (Å²) in [6.45, 7) is 2.33. The Morgan fingerprint density at radius 1 is 1.18 bits per heavy atom. The van der Waals surface area contributed by atoms with E-state index in [9.17, 15) is 4.79 Å². The molecule has 3 heteroatoms. The van der Waals surface area contributed by atoms with Crippen LogP contribution in [0.5, 0.6) is 0 Å². The smallest absolute Gasteiger partial charge is 0.337 e. The van der Waals surface area contributed by atoms with Gasteiger partial charge in [-0.2, -0.15) is 0 Å². The van der Waals surface area contributed by atoms with Crippen molar-refractivity contribution in [3.05, 3.63) is 28.8 Å². The Balaban J connectivity index is 2.11. The quantitative estimate of drug-likeness (QED) is 0.694. The van der Waals surface area contributed by atoms with E-state index in [0.717, 1.165) is 25.9 Å². The van der Waals surface area contributed by atoms with Crippen LogP contribution in [0, 0.1) is 0 Å². The molecule has 3 rings (SSSR count). The van der Waals surface area contributed by atoms with Gasteiger partial charge in [-0.1, -0.05) is 0 Å². The highest BCUT2D eigenvalue weighted by atomic mass is 16.5. The van der Waals surface area contributed by atoms with Gasteiger partial charge in [0.15, 0.2) is 0 Å². The van der Waals surface area contributed by atoms with Gasteiger partial charge in [0.1, 0.15) is 0 Å². The molecule has 0 aliphatic carbocycles. The third kappa shape index (κ3) is 1.70. The molecule has 0 saturated carbocycles. The second-order valence-corrected chi connectivity index (χ2v) is 4.83. The molecule has 0 atom stereocenters. The van der Waals surface area contributed by atoms with Gasteiger partial charge in [0.25, 0.3) is 0 Å². The number of aryl methyl sites for hydroxylation is 2. The van der Waals surface area contributed by atoms with Crippen LogP contribution in [0.3, 0.4) is 0 Å². The summed E-state index contributed by atoms with van der Waals surface area (Å²) in [6.07, 6.45) is 4.56. The van der Waals surface area contributed by atoms with Gasteiger partial charge in [0.05, 0.1) is 12.7 Å². The predicted molar refractivity (Wildman–Crippen MR) is 66.6 cm³/mol. The number of methoxy groups -OCH3 is 1. The lowest BCUT2D eigenvalue weighted by molar-refractivity contribution is 0.0600. The molecule has 0 spiro atoms. The zero-order valence-electron chi connectivity index (χ0n) is 10.2. The first-order valence-corrected chi connectivity index (χ1v) is 6.28. The number of carbonyl (C=O) groups excluding carboxylic acids is 1. The summed E-state index contributed by atoms with van der Waals surface area (Å²) in [5, 5.41) is 0. The monoisotopic (exact) mass is 231 g/mol. The molecule has 0 radical (unpaired) electrons. The van der Waals surface area contributed by atoms with Crippen LogP contribution in [0.2, 0.25) is 0 Å². The highest BCUT2D eigenvalue weighted by molar-refractivity contribution is 5.91. The topological polar surface area (TPSA) is 29.5 Å². The number of hydrogen-bond donors (Lipinski definition) is 0. The van der Waals surface area contributed by atoms with E-state index in [0.29, 0.717) is 5.56 Å². The van der Waals surface area contributed by atoms with E-state index in [-0.39, 0.29) is 5.97 Å². The summed E-state index contributed by atoms with van der Waals surface area (Å²) < 4.78 is 4.82. The number of rotatable bonds is 1. The molecular weight excluding hydrogens is 214 g/mol. The molecular formula is C14H17NO2. The van der Waals surface area contributed by atoms with Crippen molar-refractivity contribution in [2.75, 3.05) is 25.1 Å². The first-order chi connectivity index (χ1) is 8.29. The molecule has 0 N–H and O–H groups in total. The molecule has 3 nitrogen and oxygen atoms in total. The number of nitrogens with zero attached hydrogens (tertiary/aromatic N) is 1. The van der Waals surface area contributed by atoms with Crippen LogP contribution in [0.1, 0.15) is 34.3 Å². The van der Waals surface area contributed by atoms with E-state index >= 15 is 0 Å². The average molecular weight is 231 g/mol. The van der Waals surface area contributed by atoms with Gasteiger partial charge in [0.2, 0.25) is 0 Å². The van der Waals surface area contributed by atoms with Gasteiger partial charge in [0, 0.05) is 18.8 Å². The van der Waals surface area contributed by atoms with Crippen LogP contribution in [-0.4, -0.2) is 26.2 Å². The minimum atomic E-state index is -0.216. The third-order valence-electron chi connectivity index (χ3n) is 3.75. The molecule has 90 valence electrons. The molecule has 0 aromatic heterocycles. The summed E-state index contributed by atoms with van der Waals surface area (Å²) in [6, 6.07) is 4.03. The second-order valence-electron chi connectivity index (χ2n) is 4.83. The van der Waals surface area contributed by atoms with Crippen molar-refractivity contribution in [3.8, 4) is 0 Å². The third-order valence-corrected chi connectivity index (χ3v) is 3.75. The highest BCUT2D eigenvalue weighted by Gasteiger charge is 2.25. The molecule has 0 saturated heterocycles.